The van der Waals surface area contributed by atoms with Gasteiger partial charge in [-0.1, -0.05) is 18.2 Å². The Labute approximate surface area is 165 Å². The second-order valence-corrected chi connectivity index (χ2v) is 9.74. The van der Waals surface area contributed by atoms with Crippen LogP contribution >= 0.6 is 22.6 Å². The van der Waals surface area contributed by atoms with Crippen molar-refractivity contribution in [3.05, 3.63) is 40.5 Å². The largest absolute Gasteiger partial charge is 0.460 e. The molecule has 1 aromatic rings. The van der Waals surface area contributed by atoms with Gasteiger partial charge in [-0.25, -0.2) is 0 Å². The Morgan fingerprint density at radius 2 is 1.80 bits per heavy atom. The molecule has 4 heteroatoms. The van der Waals surface area contributed by atoms with Crippen molar-refractivity contribution in [3.8, 4) is 0 Å². The van der Waals surface area contributed by atoms with Gasteiger partial charge in [-0.15, -0.1) is 0 Å². The monoisotopic (exact) mass is 452 g/mol. The maximum atomic E-state index is 8.18. The van der Waals surface area contributed by atoms with Gasteiger partial charge in [-0.05, 0) is 98.2 Å². The van der Waals surface area contributed by atoms with E-state index < -0.39 is 0 Å². The fourth-order valence-electron chi connectivity index (χ4n) is 3.82. The lowest BCUT2D eigenvalue weighted by Crippen LogP contribution is -2.48. The summed E-state index contributed by atoms with van der Waals surface area (Å²) in [5.74, 6) is 1.20. The van der Waals surface area contributed by atoms with Gasteiger partial charge < -0.3 is 9.64 Å². The minimum atomic E-state index is -0.312. The van der Waals surface area contributed by atoms with Crippen molar-refractivity contribution in [1.29, 1.82) is 5.41 Å². The standard InChI is InChI=1S/C21H29IN2O/c1-12-7-17-16(11-19(22)18(17)8-13(12)2)14-9-15(10-14)24(6)20(23)25-21(3,4)5/h7-8,11,14-16,23H,9-10H2,1-6H3. The molecular formula is C21H29IN2O. The second kappa shape index (κ2) is 6.60. The Morgan fingerprint density at radius 3 is 2.40 bits per heavy atom. The lowest BCUT2D eigenvalue weighted by molar-refractivity contribution is 0.0577. The molecule has 1 unspecified atom stereocenters. The third kappa shape index (κ3) is 3.74. The predicted molar refractivity (Wildman–Crippen MR) is 113 cm³/mol. The Balaban J connectivity index is 1.67. The summed E-state index contributed by atoms with van der Waals surface area (Å²) in [6, 6.07) is 5.44. The van der Waals surface area contributed by atoms with Gasteiger partial charge in [0.05, 0.1) is 0 Å². The van der Waals surface area contributed by atoms with Crippen LogP contribution in [0.1, 0.15) is 61.8 Å². The fourth-order valence-corrected chi connectivity index (χ4v) is 4.67. The van der Waals surface area contributed by atoms with Gasteiger partial charge in [0.25, 0.3) is 6.02 Å². The van der Waals surface area contributed by atoms with Gasteiger partial charge >= 0.3 is 0 Å². The maximum absolute atomic E-state index is 8.18. The van der Waals surface area contributed by atoms with Gasteiger partial charge in [0.2, 0.25) is 0 Å². The van der Waals surface area contributed by atoms with Crippen LogP contribution in [0.4, 0.5) is 0 Å². The maximum Gasteiger partial charge on any atom is 0.284 e. The van der Waals surface area contributed by atoms with Crippen molar-refractivity contribution in [2.24, 2.45) is 5.92 Å². The molecule has 0 heterocycles. The summed E-state index contributed by atoms with van der Waals surface area (Å²) in [7, 11) is 1.99. The lowest BCUT2D eigenvalue weighted by Gasteiger charge is -2.44. The molecule has 25 heavy (non-hydrogen) atoms. The van der Waals surface area contributed by atoms with Crippen molar-refractivity contribution < 1.29 is 4.74 Å². The summed E-state index contributed by atoms with van der Waals surface area (Å²) in [6.45, 7) is 10.4. The summed E-state index contributed by atoms with van der Waals surface area (Å²) in [5, 5.41) is 8.18. The highest BCUT2D eigenvalue weighted by molar-refractivity contribution is 14.1. The topological polar surface area (TPSA) is 36.3 Å². The van der Waals surface area contributed by atoms with Crippen LogP contribution in [-0.2, 0) is 4.74 Å². The van der Waals surface area contributed by atoms with Crippen LogP contribution in [0, 0.1) is 25.2 Å². The van der Waals surface area contributed by atoms with Crippen molar-refractivity contribution >= 4 is 32.2 Å². The number of amidine groups is 1. The van der Waals surface area contributed by atoms with Gasteiger partial charge in [0.1, 0.15) is 5.60 Å². The van der Waals surface area contributed by atoms with E-state index in [0.717, 1.165) is 12.8 Å². The molecular weight excluding hydrogens is 423 g/mol. The molecule has 0 amide bonds. The SMILES string of the molecule is Cc1cc2c(cc1C)C(C1CC(N(C)C(=N)OC(C)(C)C)C1)C=C2I. The number of aryl methyl sites for hydroxylation is 2. The summed E-state index contributed by atoms with van der Waals surface area (Å²) in [4.78, 5) is 2.01. The van der Waals surface area contributed by atoms with Crippen LogP contribution < -0.4 is 0 Å². The number of nitrogens with zero attached hydrogens (tertiary/aromatic N) is 1. The lowest BCUT2D eigenvalue weighted by atomic mass is 9.70. The molecule has 1 saturated carbocycles. The van der Waals surface area contributed by atoms with Crippen LogP contribution in [0.2, 0.25) is 0 Å². The quantitative estimate of drug-likeness (QED) is 0.358. The number of benzene rings is 1. The van der Waals surface area contributed by atoms with Crippen LogP contribution in [0.5, 0.6) is 0 Å². The van der Waals surface area contributed by atoms with Crippen molar-refractivity contribution in [2.45, 2.75) is 65.0 Å². The zero-order chi connectivity index (χ0) is 18.5. The zero-order valence-corrected chi connectivity index (χ0v) is 18.3. The van der Waals surface area contributed by atoms with Crippen molar-refractivity contribution in [3.63, 3.8) is 0 Å². The third-order valence-corrected chi connectivity index (χ3v) is 6.48. The van der Waals surface area contributed by atoms with E-state index in [-0.39, 0.29) is 5.60 Å². The first-order chi connectivity index (χ1) is 11.6. The molecule has 0 spiro atoms. The first kappa shape index (κ1) is 18.7. The molecule has 1 atom stereocenters. The molecule has 136 valence electrons. The van der Waals surface area contributed by atoms with Gasteiger partial charge in [-0.3, -0.25) is 5.41 Å². The summed E-state index contributed by atoms with van der Waals surface area (Å²) in [6.07, 6.45) is 4.70. The number of nitrogens with one attached hydrogen (secondary N) is 1. The summed E-state index contributed by atoms with van der Waals surface area (Å²) >= 11 is 2.48. The molecule has 0 aromatic heterocycles. The number of allylic oxidation sites excluding steroid dienone is 1. The Morgan fingerprint density at radius 1 is 1.20 bits per heavy atom. The molecule has 3 nitrogen and oxygen atoms in total. The third-order valence-electron chi connectivity index (χ3n) is 5.54. The molecule has 3 rings (SSSR count). The van der Waals surface area contributed by atoms with E-state index in [0.29, 0.717) is 23.9 Å². The first-order valence-electron chi connectivity index (χ1n) is 9.06. The molecule has 0 saturated heterocycles. The van der Waals surface area contributed by atoms with Crippen molar-refractivity contribution in [1.82, 2.24) is 4.90 Å². The molecule has 1 N–H and O–H groups in total. The Kier molecular flexibility index (Phi) is 4.95. The Bertz CT molecular complexity index is 726. The number of fused-ring (bicyclic) bond motifs is 1. The van der Waals surface area contributed by atoms with Crippen LogP contribution in [0.15, 0.2) is 18.2 Å². The number of ether oxygens (including phenoxy) is 1. The number of hydrogen-bond donors (Lipinski definition) is 1. The normalized spacial score (nSPS) is 25.1. The van der Waals surface area contributed by atoms with E-state index >= 15 is 0 Å². The highest BCUT2D eigenvalue weighted by atomic mass is 127. The highest BCUT2D eigenvalue weighted by Crippen LogP contribution is 2.50. The fraction of sp³-hybridized carbons (Fsp3) is 0.571. The van der Waals surface area contributed by atoms with Gasteiger partial charge in [0, 0.05) is 22.6 Å². The zero-order valence-electron chi connectivity index (χ0n) is 16.1. The average molecular weight is 452 g/mol. The van der Waals surface area contributed by atoms with E-state index in [1.165, 1.54) is 25.8 Å². The van der Waals surface area contributed by atoms with Crippen LogP contribution in [0.3, 0.4) is 0 Å². The van der Waals surface area contributed by atoms with Gasteiger partial charge in [0.15, 0.2) is 0 Å². The van der Waals surface area contributed by atoms with Crippen LogP contribution in [0.25, 0.3) is 3.58 Å². The first-order valence-corrected chi connectivity index (χ1v) is 10.1. The van der Waals surface area contributed by atoms with Crippen LogP contribution in [-0.4, -0.2) is 29.6 Å². The second-order valence-electron chi connectivity index (χ2n) is 8.58. The van der Waals surface area contributed by atoms with E-state index in [1.807, 2.05) is 32.7 Å². The summed E-state index contributed by atoms with van der Waals surface area (Å²) in [5.41, 5.74) is 5.37. The minimum Gasteiger partial charge on any atom is -0.460 e. The molecule has 0 aliphatic heterocycles. The minimum absolute atomic E-state index is 0.291. The van der Waals surface area contributed by atoms with E-state index in [4.69, 9.17) is 10.1 Å². The molecule has 2 aliphatic rings. The van der Waals surface area contributed by atoms with Crippen molar-refractivity contribution in [2.75, 3.05) is 7.05 Å². The number of rotatable bonds is 2. The Hall–Kier alpha value is -1.04. The smallest absolute Gasteiger partial charge is 0.284 e. The van der Waals surface area contributed by atoms with E-state index in [1.54, 1.807) is 0 Å². The molecule has 1 aromatic carbocycles. The van der Waals surface area contributed by atoms with E-state index in [2.05, 4.69) is 54.6 Å². The number of hydrogen-bond acceptors (Lipinski definition) is 2. The van der Waals surface area contributed by atoms with E-state index in [9.17, 15) is 0 Å². The predicted octanol–water partition coefficient (Wildman–Crippen LogP) is 5.64. The highest BCUT2D eigenvalue weighted by Gasteiger charge is 2.41. The van der Waals surface area contributed by atoms with Gasteiger partial charge in [-0.2, -0.15) is 0 Å². The molecule has 2 aliphatic carbocycles. The number of halogens is 1. The molecule has 0 radical (unpaired) electrons. The summed E-state index contributed by atoms with van der Waals surface area (Å²) < 4.78 is 7.11. The molecule has 0 bridgehead atoms. The molecule has 1 fully saturated rings. The average Bonchev–Trinajstić information content (AvgIpc) is 2.73.